The van der Waals surface area contributed by atoms with Crippen LogP contribution in [0.2, 0.25) is 0 Å². The second-order valence-corrected chi connectivity index (χ2v) is 8.23. The summed E-state index contributed by atoms with van der Waals surface area (Å²) in [5, 5.41) is 2.64. The van der Waals surface area contributed by atoms with Gasteiger partial charge in [-0.25, -0.2) is 22.8 Å². The summed E-state index contributed by atoms with van der Waals surface area (Å²) in [6.07, 6.45) is 0.509. The van der Waals surface area contributed by atoms with E-state index in [1.807, 2.05) is 0 Å². The van der Waals surface area contributed by atoms with E-state index in [4.69, 9.17) is 4.74 Å². The van der Waals surface area contributed by atoms with Crippen LogP contribution in [0.5, 0.6) is 0 Å². The van der Waals surface area contributed by atoms with Gasteiger partial charge in [0, 0.05) is 19.1 Å². The molecule has 1 unspecified atom stereocenters. The maximum atomic E-state index is 13.1. The first-order valence-corrected chi connectivity index (χ1v) is 10.4. The number of benzene rings is 1. The van der Waals surface area contributed by atoms with E-state index in [0.29, 0.717) is 12.8 Å². The minimum Gasteiger partial charge on any atom is -0.465 e. The Kier molecular flexibility index (Phi) is 7.57. The number of carbonyl (C=O) groups is 3. The summed E-state index contributed by atoms with van der Waals surface area (Å²) in [5.74, 6) is -1.57. The Morgan fingerprint density at radius 2 is 1.69 bits per heavy atom. The largest absolute Gasteiger partial charge is 0.465 e. The maximum Gasteiger partial charge on any atom is 0.407 e. The molecule has 2 rings (SSSR count). The van der Waals surface area contributed by atoms with Crippen LogP contribution in [-0.2, 0) is 24.2 Å². The Hall–Kier alpha value is -2.66. The van der Waals surface area contributed by atoms with Gasteiger partial charge >= 0.3 is 18.0 Å². The number of piperidine rings is 1. The van der Waals surface area contributed by atoms with Gasteiger partial charge in [0.05, 0.1) is 36.8 Å². The average Bonchev–Trinajstić information content (AvgIpc) is 2.72. The number of amides is 1. The molecule has 0 spiro atoms. The van der Waals surface area contributed by atoms with E-state index in [1.165, 1.54) is 10.4 Å². The van der Waals surface area contributed by atoms with E-state index in [-0.39, 0.29) is 35.7 Å². The number of rotatable bonds is 6. The molecule has 1 amide bonds. The van der Waals surface area contributed by atoms with Crippen molar-refractivity contribution in [2.24, 2.45) is 0 Å². The van der Waals surface area contributed by atoms with Gasteiger partial charge in [-0.1, -0.05) is 0 Å². The molecule has 0 bridgehead atoms. The third kappa shape index (κ3) is 5.45. The average molecular weight is 428 g/mol. The molecule has 29 heavy (non-hydrogen) atoms. The molecule has 1 heterocycles. The minimum absolute atomic E-state index is 0.0388. The van der Waals surface area contributed by atoms with Crippen molar-refractivity contribution in [1.82, 2.24) is 9.62 Å². The molecule has 0 aliphatic carbocycles. The normalized spacial score (nSPS) is 17.3. The van der Waals surface area contributed by atoms with Crippen LogP contribution in [-0.4, -0.2) is 70.7 Å². The van der Waals surface area contributed by atoms with Gasteiger partial charge in [-0.3, -0.25) is 0 Å². The summed E-state index contributed by atoms with van der Waals surface area (Å²) in [6, 6.07) is 3.09. The maximum absolute atomic E-state index is 13.1. The Morgan fingerprint density at radius 1 is 1.10 bits per heavy atom. The van der Waals surface area contributed by atoms with Gasteiger partial charge in [0.15, 0.2) is 0 Å². The van der Waals surface area contributed by atoms with Gasteiger partial charge in [-0.2, -0.15) is 4.31 Å². The molecule has 0 radical (unpaired) electrons. The quantitative estimate of drug-likeness (QED) is 0.528. The van der Waals surface area contributed by atoms with Gasteiger partial charge in [0.2, 0.25) is 10.0 Å². The molecule has 1 fully saturated rings. The summed E-state index contributed by atoms with van der Waals surface area (Å²) < 4.78 is 41.6. The van der Waals surface area contributed by atoms with Gasteiger partial charge in [-0.05, 0) is 38.0 Å². The van der Waals surface area contributed by atoms with Crippen LogP contribution in [0, 0.1) is 0 Å². The second kappa shape index (κ2) is 9.70. The highest BCUT2D eigenvalue weighted by Crippen LogP contribution is 2.24. The van der Waals surface area contributed by atoms with Gasteiger partial charge in [0.25, 0.3) is 0 Å². The fraction of sp³-hybridized carbons (Fsp3) is 0.500. The Morgan fingerprint density at radius 3 is 2.21 bits per heavy atom. The molecule has 1 aliphatic rings. The van der Waals surface area contributed by atoms with E-state index in [0.717, 1.165) is 26.4 Å². The molecule has 1 aromatic rings. The number of alkyl carbamates (subject to hydrolysis) is 1. The lowest BCUT2D eigenvalue weighted by Gasteiger charge is -2.32. The molecule has 1 N–H and O–H groups in total. The molecule has 1 saturated heterocycles. The van der Waals surface area contributed by atoms with Gasteiger partial charge in [0.1, 0.15) is 0 Å². The first-order chi connectivity index (χ1) is 13.7. The molecule has 0 saturated carbocycles. The highest BCUT2D eigenvalue weighted by atomic mass is 32.2. The van der Waals surface area contributed by atoms with Crippen molar-refractivity contribution in [1.29, 1.82) is 0 Å². The van der Waals surface area contributed by atoms with Crippen LogP contribution in [0.1, 0.15) is 40.5 Å². The Labute approximate surface area is 169 Å². The molecule has 0 aromatic heterocycles. The lowest BCUT2D eigenvalue weighted by molar-refractivity contribution is 0.0598. The van der Waals surface area contributed by atoms with E-state index >= 15 is 0 Å². The lowest BCUT2D eigenvalue weighted by atomic mass is 10.1. The highest BCUT2D eigenvalue weighted by molar-refractivity contribution is 7.89. The zero-order chi connectivity index (χ0) is 21.6. The van der Waals surface area contributed by atoms with Crippen molar-refractivity contribution >= 4 is 28.1 Å². The number of carbonyl (C=O) groups excluding carboxylic acids is 3. The van der Waals surface area contributed by atoms with Crippen molar-refractivity contribution in [2.45, 2.75) is 30.7 Å². The van der Waals surface area contributed by atoms with Crippen LogP contribution >= 0.6 is 0 Å². The molecule has 10 nitrogen and oxygen atoms in total. The summed E-state index contributed by atoms with van der Waals surface area (Å²) in [5.41, 5.74) is -0.181. The van der Waals surface area contributed by atoms with Gasteiger partial charge in [-0.15, -0.1) is 0 Å². The molecular weight excluding hydrogens is 404 g/mol. The number of sulfonamides is 1. The Bertz CT molecular complexity index is 850. The molecule has 1 aromatic carbocycles. The van der Waals surface area contributed by atoms with E-state index < -0.39 is 34.1 Å². The van der Waals surface area contributed by atoms with Crippen molar-refractivity contribution in [2.75, 3.05) is 33.9 Å². The van der Waals surface area contributed by atoms with Crippen molar-refractivity contribution in [3.63, 3.8) is 0 Å². The number of hydrogen-bond donors (Lipinski definition) is 1. The van der Waals surface area contributed by atoms with Gasteiger partial charge < -0.3 is 19.5 Å². The zero-order valence-corrected chi connectivity index (χ0v) is 17.3. The van der Waals surface area contributed by atoms with Crippen LogP contribution in [0.25, 0.3) is 0 Å². The van der Waals surface area contributed by atoms with E-state index in [9.17, 15) is 22.8 Å². The molecular formula is C18H24N2O8S. The zero-order valence-electron chi connectivity index (χ0n) is 16.5. The summed E-state index contributed by atoms with van der Waals surface area (Å²) >= 11 is 0. The van der Waals surface area contributed by atoms with Crippen molar-refractivity contribution < 1.29 is 37.0 Å². The number of methoxy groups -OCH3 is 2. The summed E-state index contributed by atoms with van der Waals surface area (Å²) in [7, 11) is -1.75. The lowest BCUT2D eigenvalue weighted by Crippen LogP contribution is -2.49. The van der Waals surface area contributed by atoms with Crippen LogP contribution in [0.3, 0.4) is 0 Å². The van der Waals surface area contributed by atoms with Crippen molar-refractivity contribution in [3.05, 3.63) is 29.3 Å². The first kappa shape index (κ1) is 22.6. The number of hydrogen-bond acceptors (Lipinski definition) is 8. The number of nitrogens with zero attached hydrogens (tertiary/aromatic N) is 1. The molecule has 160 valence electrons. The number of esters is 2. The summed E-state index contributed by atoms with van der Waals surface area (Å²) in [4.78, 5) is 35.2. The fourth-order valence-corrected chi connectivity index (χ4v) is 4.58. The first-order valence-electron chi connectivity index (χ1n) is 8.98. The number of ether oxygens (including phenoxy) is 3. The summed E-state index contributed by atoms with van der Waals surface area (Å²) in [6.45, 7) is 2.15. The predicted molar refractivity (Wildman–Crippen MR) is 101 cm³/mol. The molecule has 1 aliphatic heterocycles. The SMILES string of the molecule is CCOC(=O)NC1CCCN(S(=O)(=O)c2cc(C(=O)OC)cc(C(=O)OC)c2)C1. The fourth-order valence-electron chi connectivity index (χ4n) is 2.99. The smallest absolute Gasteiger partial charge is 0.407 e. The predicted octanol–water partition coefficient (Wildman–Crippen LogP) is 1.16. The molecule has 1 atom stereocenters. The van der Waals surface area contributed by atoms with E-state index in [2.05, 4.69) is 14.8 Å². The third-order valence-corrected chi connectivity index (χ3v) is 6.21. The minimum atomic E-state index is -4.05. The highest BCUT2D eigenvalue weighted by Gasteiger charge is 2.32. The third-order valence-electron chi connectivity index (χ3n) is 4.37. The van der Waals surface area contributed by atoms with E-state index in [1.54, 1.807) is 6.92 Å². The number of nitrogens with one attached hydrogen (secondary N) is 1. The van der Waals surface area contributed by atoms with Crippen molar-refractivity contribution in [3.8, 4) is 0 Å². The second-order valence-electron chi connectivity index (χ2n) is 6.30. The molecule has 11 heteroatoms. The van der Waals surface area contributed by atoms with Crippen LogP contribution < -0.4 is 5.32 Å². The monoisotopic (exact) mass is 428 g/mol. The van der Waals surface area contributed by atoms with Crippen LogP contribution in [0.4, 0.5) is 4.79 Å². The van der Waals surface area contributed by atoms with Crippen LogP contribution in [0.15, 0.2) is 23.1 Å². The Balaban J connectivity index is 2.34. The topological polar surface area (TPSA) is 128 Å². The standard InChI is InChI=1S/C18H24N2O8S/c1-4-28-18(23)19-14-6-5-7-20(11-14)29(24,25)15-9-12(16(21)26-2)8-13(10-15)17(22)27-3/h8-10,14H,4-7,11H2,1-3H3,(H,19,23).